The standard InChI is InChI=1S/C16H20N6O2S2/c1-2-3-6-13-18-14(24-21-13)10-26-16-20-19-15(11-5-4-9-25-11)22(16)8-7-12(17)23/h4-5,9H,2-3,6-8,10H2,1H3,(H2,17,23). The summed E-state index contributed by atoms with van der Waals surface area (Å²) in [7, 11) is 0. The predicted octanol–water partition coefficient (Wildman–Crippen LogP) is 2.90. The molecule has 0 bridgehead atoms. The van der Waals surface area contributed by atoms with Crippen LogP contribution in [0.3, 0.4) is 0 Å². The zero-order valence-electron chi connectivity index (χ0n) is 14.4. The summed E-state index contributed by atoms with van der Waals surface area (Å²) >= 11 is 3.03. The maximum absolute atomic E-state index is 11.2. The van der Waals surface area contributed by atoms with E-state index in [4.69, 9.17) is 10.3 Å². The van der Waals surface area contributed by atoms with Crippen molar-refractivity contribution in [2.75, 3.05) is 0 Å². The van der Waals surface area contributed by atoms with Crippen molar-refractivity contribution >= 4 is 29.0 Å². The monoisotopic (exact) mass is 392 g/mol. The Morgan fingerprint density at radius 2 is 2.31 bits per heavy atom. The second kappa shape index (κ2) is 8.95. The number of thiophene rings is 1. The van der Waals surface area contributed by atoms with Crippen molar-refractivity contribution in [1.29, 1.82) is 0 Å². The number of rotatable bonds is 10. The first-order chi connectivity index (χ1) is 12.7. The van der Waals surface area contributed by atoms with Crippen molar-refractivity contribution in [1.82, 2.24) is 24.9 Å². The number of nitrogens with zero attached hydrogens (tertiary/aromatic N) is 5. The van der Waals surface area contributed by atoms with Gasteiger partial charge in [0.15, 0.2) is 16.8 Å². The largest absolute Gasteiger partial charge is 0.370 e. The molecule has 0 radical (unpaired) electrons. The lowest BCUT2D eigenvalue weighted by molar-refractivity contribution is -0.118. The zero-order chi connectivity index (χ0) is 18.4. The van der Waals surface area contributed by atoms with Crippen LogP contribution >= 0.6 is 23.1 Å². The van der Waals surface area contributed by atoms with E-state index >= 15 is 0 Å². The minimum absolute atomic E-state index is 0.228. The van der Waals surface area contributed by atoms with Crippen LogP contribution in [0.25, 0.3) is 10.7 Å². The van der Waals surface area contributed by atoms with Crippen LogP contribution in [0, 0.1) is 0 Å². The Labute approximate surface area is 159 Å². The minimum atomic E-state index is -0.357. The summed E-state index contributed by atoms with van der Waals surface area (Å²) in [6, 6.07) is 3.93. The molecule has 138 valence electrons. The van der Waals surface area contributed by atoms with E-state index in [9.17, 15) is 4.79 Å². The summed E-state index contributed by atoms with van der Waals surface area (Å²) in [5.74, 6) is 2.17. The van der Waals surface area contributed by atoms with Gasteiger partial charge in [0.2, 0.25) is 11.8 Å². The molecule has 0 unspecified atom stereocenters. The molecule has 26 heavy (non-hydrogen) atoms. The highest BCUT2D eigenvalue weighted by Crippen LogP contribution is 2.28. The number of hydrogen-bond donors (Lipinski definition) is 1. The number of unbranched alkanes of at least 4 members (excludes halogenated alkanes) is 1. The molecule has 10 heteroatoms. The Kier molecular flexibility index (Phi) is 6.40. The number of hydrogen-bond acceptors (Lipinski definition) is 8. The van der Waals surface area contributed by atoms with E-state index in [0.29, 0.717) is 23.3 Å². The van der Waals surface area contributed by atoms with E-state index in [1.807, 2.05) is 22.1 Å². The van der Waals surface area contributed by atoms with Crippen molar-refractivity contribution in [2.45, 2.75) is 50.1 Å². The number of aromatic nitrogens is 5. The number of primary amides is 1. The lowest BCUT2D eigenvalue weighted by Gasteiger charge is -2.07. The lowest BCUT2D eigenvalue weighted by atomic mass is 10.2. The molecule has 0 saturated carbocycles. The second-order valence-electron chi connectivity index (χ2n) is 5.65. The number of nitrogens with two attached hydrogens (primary N) is 1. The Morgan fingerprint density at radius 1 is 1.42 bits per heavy atom. The molecular formula is C16H20N6O2S2. The van der Waals surface area contributed by atoms with Crippen LogP contribution in [0.1, 0.15) is 37.9 Å². The fourth-order valence-electron chi connectivity index (χ4n) is 2.32. The molecule has 0 saturated heterocycles. The van der Waals surface area contributed by atoms with E-state index < -0.39 is 0 Å². The normalized spacial score (nSPS) is 11.1. The van der Waals surface area contributed by atoms with E-state index in [1.54, 1.807) is 11.3 Å². The van der Waals surface area contributed by atoms with Gasteiger partial charge in [0.25, 0.3) is 0 Å². The third kappa shape index (κ3) is 4.70. The Morgan fingerprint density at radius 3 is 3.04 bits per heavy atom. The molecule has 0 aromatic carbocycles. The molecule has 3 aromatic heterocycles. The molecule has 0 aliphatic rings. The third-order valence-electron chi connectivity index (χ3n) is 3.63. The number of aryl methyl sites for hydroxylation is 1. The van der Waals surface area contributed by atoms with Crippen LogP contribution in [0.5, 0.6) is 0 Å². The Balaban J connectivity index is 1.72. The molecule has 3 heterocycles. The lowest BCUT2D eigenvalue weighted by Crippen LogP contribution is -2.14. The highest BCUT2D eigenvalue weighted by molar-refractivity contribution is 7.98. The fraction of sp³-hybridized carbons (Fsp3) is 0.438. The Bertz CT molecular complexity index is 843. The van der Waals surface area contributed by atoms with Crippen LogP contribution in [-0.4, -0.2) is 30.8 Å². The summed E-state index contributed by atoms with van der Waals surface area (Å²) < 4.78 is 7.20. The number of carbonyl (C=O) groups is 1. The first-order valence-electron chi connectivity index (χ1n) is 8.37. The van der Waals surface area contributed by atoms with Gasteiger partial charge in [0.1, 0.15) is 0 Å². The van der Waals surface area contributed by atoms with E-state index in [2.05, 4.69) is 27.3 Å². The van der Waals surface area contributed by atoms with Gasteiger partial charge in [0.05, 0.1) is 10.6 Å². The van der Waals surface area contributed by atoms with Gasteiger partial charge in [-0.2, -0.15) is 4.98 Å². The molecule has 0 fully saturated rings. The first kappa shape index (κ1) is 18.6. The molecule has 0 spiro atoms. The van der Waals surface area contributed by atoms with Gasteiger partial charge in [-0.1, -0.05) is 36.3 Å². The highest BCUT2D eigenvalue weighted by Gasteiger charge is 2.17. The molecule has 2 N–H and O–H groups in total. The van der Waals surface area contributed by atoms with Gasteiger partial charge in [-0.25, -0.2) is 0 Å². The number of amides is 1. The van der Waals surface area contributed by atoms with Crippen LogP contribution in [0.4, 0.5) is 0 Å². The summed E-state index contributed by atoms with van der Waals surface area (Å²) in [6.07, 6.45) is 3.18. The minimum Gasteiger partial charge on any atom is -0.370 e. The molecule has 8 nitrogen and oxygen atoms in total. The van der Waals surface area contributed by atoms with Gasteiger partial charge in [-0.15, -0.1) is 21.5 Å². The van der Waals surface area contributed by atoms with Gasteiger partial charge in [-0.05, 0) is 17.9 Å². The Hall–Kier alpha value is -2.20. The predicted molar refractivity (Wildman–Crippen MR) is 99.6 cm³/mol. The van der Waals surface area contributed by atoms with Crippen LogP contribution in [0.2, 0.25) is 0 Å². The molecule has 0 atom stereocenters. The smallest absolute Gasteiger partial charge is 0.237 e. The van der Waals surface area contributed by atoms with E-state index in [0.717, 1.165) is 35.8 Å². The highest BCUT2D eigenvalue weighted by atomic mass is 32.2. The summed E-state index contributed by atoms with van der Waals surface area (Å²) in [5, 5.41) is 15.2. The van der Waals surface area contributed by atoms with Crippen molar-refractivity contribution in [2.24, 2.45) is 5.73 Å². The maximum atomic E-state index is 11.2. The van der Waals surface area contributed by atoms with Crippen LogP contribution in [0.15, 0.2) is 27.2 Å². The van der Waals surface area contributed by atoms with Gasteiger partial charge < -0.3 is 14.8 Å². The molecule has 3 aromatic rings. The zero-order valence-corrected chi connectivity index (χ0v) is 16.1. The molecule has 0 aliphatic carbocycles. The van der Waals surface area contributed by atoms with Crippen molar-refractivity contribution in [3.63, 3.8) is 0 Å². The first-order valence-corrected chi connectivity index (χ1v) is 10.2. The van der Waals surface area contributed by atoms with Gasteiger partial charge in [0, 0.05) is 19.4 Å². The molecular weight excluding hydrogens is 372 g/mol. The molecule has 0 aliphatic heterocycles. The summed E-state index contributed by atoms with van der Waals surface area (Å²) in [6.45, 7) is 2.56. The van der Waals surface area contributed by atoms with Crippen molar-refractivity contribution < 1.29 is 9.32 Å². The molecule has 1 amide bonds. The average molecular weight is 393 g/mol. The van der Waals surface area contributed by atoms with Crippen LogP contribution < -0.4 is 5.73 Å². The summed E-state index contributed by atoms with van der Waals surface area (Å²) in [4.78, 5) is 16.6. The quantitative estimate of drug-likeness (QED) is 0.528. The summed E-state index contributed by atoms with van der Waals surface area (Å²) in [5.41, 5.74) is 5.31. The SMILES string of the molecule is CCCCc1noc(CSc2nnc(-c3cccs3)n2CCC(N)=O)n1. The van der Waals surface area contributed by atoms with Crippen molar-refractivity contribution in [3.05, 3.63) is 29.2 Å². The third-order valence-corrected chi connectivity index (χ3v) is 5.45. The van der Waals surface area contributed by atoms with Gasteiger partial charge >= 0.3 is 0 Å². The van der Waals surface area contributed by atoms with E-state index in [-0.39, 0.29) is 12.3 Å². The van der Waals surface area contributed by atoms with Gasteiger partial charge in [-0.3, -0.25) is 4.79 Å². The average Bonchev–Trinajstić information content (AvgIpc) is 3.36. The topological polar surface area (TPSA) is 113 Å². The fourth-order valence-corrected chi connectivity index (χ4v) is 3.84. The number of carbonyl (C=O) groups excluding carboxylic acids is 1. The second-order valence-corrected chi connectivity index (χ2v) is 7.54. The van der Waals surface area contributed by atoms with E-state index in [1.165, 1.54) is 11.8 Å². The van der Waals surface area contributed by atoms with Crippen LogP contribution in [-0.2, 0) is 23.5 Å². The number of thioether (sulfide) groups is 1. The molecule has 3 rings (SSSR count). The maximum Gasteiger partial charge on any atom is 0.237 e. The van der Waals surface area contributed by atoms with Crippen molar-refractivity contribution in [3.8, 4) is 10.7 Å².